The summed E-state index contributed by atoms with van der Waals surface area (Å²) in [6.45, 7) is 1.55. The van der Waals surface area contributed by atoms with Crippen LogP contribution in [0.5, 0.6) is 11.5 Å². The molecule has 1 aliphatic carbocycles. The van der Waals surface area contributed by atoms with Gasteiger partial charge in [0, 0.05) is 12.5 Å². The average molecular weight is 309 g/mol. The summed E-state index contributed by atoms with van der Waals surface area (Å²) in [6, 6.07) is 2.89. The molecule has 118 valence electrons. The zero-order chi connectivity index (χ0) is 15.8. The molecule has 0 amide bonds. The summed E-state index contributed by atoms with van der Waals surface area (Å²) in [5, 5.41) is 0. The molecule has 0 N–H and O–H groups in total. The van der Waals surface area contributed by atoms with Crippen LogP contribution in [0, 0.1) is 0 Å². The van der Waals surface area contributed by atoms with E-state index in [4.69, 9.17) is 9.47 Å². The highest BCUT2D eigenvalue weighted by molar-refractivity contribution is 5.53. The largest absolute Gasteiger partial charge is 0.486 e. The van der Waals surface area contributed by atoms with Crippen LogP contribution in [0.2, 0.25) is 0 Å². The Labute approximate surface area is 127 Å². The van der Waals surface area contributed by atoms with Gasteiger partial charge >= 0.3 is 0 Å². The van der Waals surface area contributed by atoms with E-state index in [9.17, 15) is 13.6 Å². The Morgan fingerprint density at radius 3 is 2.32 bits per heavy atom. The first-order valence-corrected chi connectivity index (χ1v) is 7.38. The molecule has 1 saturated carbocycles. The van der Waals surface area contributed by atoms with Gasteiger partial charge in [-0.3, -0.25) is 0 Å². The van der Waals surface area contributed by atoms with Crippen molar-refractivity contribution in [1.29, 1.82) is 0 Å². The zero-order valence-corrected chi connectivity index (χ0v) is 12.3. The lowest BCUT2D eigenvalue weighted by atomic mass is 9.83. The Hall–Kier alpha value is -1.94. The maximum absolute atomic E-state index is 14.1. The van der Waals surface area contributed by atoms with Gasteiger partial charge in [0.1, 0.15) is 13.2 Å². The Morgan fingerprint density at radius 2 is 1.77 bits per heavy atom. The lowest BCUT2D eigenvalue weighted by Gasteiger charge is -2.30. The van der Waals surface area contributed by atoms with E-state index >= 15 is 0 Å². The molecule has 0 unspecified atom stereocenters. The molecule has 22 heavy (non-hydrogen) atoms. The SMILES string of the molecule is CC(F)(F)c1cc2c(cc1C1(N=C=O)CCCC1)OCCO2. The van der Waals surface area contributed by atoms with Gasteiger partial charge in [0.25, 0.3) is 5.92 Å². The Morgan fingerprint density at radius 1 is 1.18 bits per heavy atom. The van der Waals surface area contributed by atoms with Crippen molar-refractivity contribution < 1.29 is 23.0 Å². The summed E-state index contributed by atoms with van der Waals surface area (Å²) in [5.74, 6) is -2.31. The molecular weight excluding hydrogens is 292 g/mol. The van der Waals surface area contributed by atoms with Crippen LogP contribution < -0.4 is 9.47 Å². The number of hydrogen-bond acceptors (Lipinski definition) is 4. The van der Waals surface area contributed by atoms with Crippen LogP contribution in [-0.4, -0.2) is 19.3 Å². The minimum absolute atomic E-state index is 0.155. The first-order chi connectivity index (χ1) is 10.5. The third-order valence-corrected chi connectivity index (χ3v) is 4.35. The van der Waals surface area contributed by atoms with Gasteiger partial charge in [-0.25, -0.2) is 13.6 Å². The van der Waals surface area contributed by atoms with Crippen molar-refractivity contribution in [2.75, 3.05) is 13.2 Å². The van der Waals surface area contributed by atoms with Gasteiger partial charge < -0.3 is 9.47 Å². The maximum atomic E-state index is 14.1. The first-order valence-electron chi connectivity index (χ1n) is 7.38. The first kappa shape index (κ1) is 15.0. The summed E-state index contributed by atoms with van der Waals surface area (Å²) in [6.07, 6.45) is 4.37. The second kappa shape index (κ2) is 5.36. The number of benzene rings is 1. The summed E-state index contributed by atoms with van der Waals surface area (Å²) < 4.78 is 39.1. The van der Waals surface area contributed by atoms with E-state index in [1.54, 1.807) is 12.1 Å². The smallest absolute Gasteiger partial charge is 0.271 e. The fourth-order valence-corrected chi connectivity index (χ4v) is 3.33. The number of nitrogens with zero attached hydrogens (tertiary/aromatic N) is 1. The maximum Gasteiger partial charge on any atom is 0.271 e. The molecule has 1 aliphatic heterocycles. The number of rotatable bonds is 3. The summed E-state index contributed by atoms with van der Waals surface area (Å²) in [7, 11) is 0. The molecule has 0 aromatic heterocycles. The van der Waals surface area contributed by atoms with Crippen LogP contribution in [0.1, 0.15) is 43.7 Å². The lowest BCUT2D eigenvalue weighted by molar-refractivity contribution is 0.0147. The molecular formula is C16H17F2NO3. The van der Waals surface area contributed by atoms with E-state index in [1.165, 1.54) is 6.07 Å². The van der Waals surface area contributed by atoms with Crippen molar-refractivity contribution in [2.24, 2.45) is 4.99 Å². The van der Waals surface area contributed by atoms with Crippen LogP contribution in [0.25, 0.3) is 0 Å². The van der Waals surface area contributed by atoms with Crippen LogP contribution in [0.3, 0.4) is 0 Å². The lowest BCUT2D eigenvalue weighted by Crippen LogP contribution is -2.26. The second-order valence-corrected chi connectivity index (χ2v) is 5.87. The number of carbonyl (C=O) groups excluding carboxylic acids is 1. The molecule has 1 aromatic carbocycles. The Bertz CT molecular complexity index is 627. The monoisotopic (exact) mass is 309 g/mol. The number of fused-ring (bicyclic) bond motifs is 1. The summed E-state index contributed by atoms with van der Waals surface area (Å²) in [5.41, 5.74) is -0.727. The quantitative estimate of drug-likeness (QED) is 0.632. The summed E-state index contributed by atoms with van der Waals surface area (Å²) in [4.78, 5) is 14.8. The van der Waals surface area contributed by atoms with E-state index in [1.807, 2.05) is 0 Å². The highest BCUT2D eigenvalue weighted by Crippen LogP contribution is 2.49. The predicted octanol–water partition coefficient (Wildman–Crippen LogP) is 3.67. The standard InChI is InChI=1S/C16H17F2NO3/c1-15(17,18)11-8-13-14(22-7-6-21-13)9-12(11)16(19-10-20)4-2-3-5-16/h8-9H,2-7H2,1H3. The normalized spacial score (nSPS) is 19.6. The number of halogens is 2. The van der Waals surface area contributed by atoms with Crippen molar-refractivity contribution >= 4 is 6.08 Å². The van der Waals surface area contributed by atoms with Crippen molar-refractivity contribution in [1.82, 2.24) is 0 Å². The van der Waals surface area contributed by atoms with Crippen molar-refractivity contribution in [3.63, 3.8) is 0 Å². The van der Waals surface area contributed by atoms with Gasteiger partial charge in [-0.15, -0.1) is 0 Å². The van der Waals surface area contributed by atoms with Gasteiger partial charge in [-0.1, -0.05) is 12.8 Å². The van der Waals surface area contributed by atoms with Crippen LogP contribution in [0.15, 0.2) is 17.1 Å². The fourth-order valence-electron chi connectivity index (χ4n) is 3.33. The van der Waals surface area contributed by atoms with Crippen LogP contribution >= 0.6 is 0 Å². The number of isocyanates is 1. The molecule has 0 spiro atoms. The predicted molar refractivity (Wildman–Crippen MR) is 75.3 cm³/mol. The molecule has 0 bridgehead atoms. The van der Waals surface area contributed by atoms with Crippen molar-refractivity contribution in [3.05, 3.63) is 23.3 Å². The Balaban J connectivity index is 2.22. The minimum atomic E-state index is -3.06. The second-order valence-electron chi connectivity index (χ2n) is 5.87. The van der Waals surface area contributed by atoms with Crippen molar-refractivity contribution in [2.45, 2.75) is 44.1 Å². The third kappa shape index (κ3) is 2.48. The molecule has 2 aliphatic rings. The molecule has 0 atom stereocenters. The molecule has 1 fully saturated rings. The third-order valence-electron chi connectivity index (χ3n) is 4.35. The van der Waals surface area contributed by atoms with Crippen LogP contribution in [-0.2, 0) is 16.3 Å². The van der Waals surface area contributed by atoms with Gasteiger partial charge in [-0.2, -0.15) is 4.99 Å². The van der Waals surface area contributed by atoms with E-state index < -0.39 is 11.5 Å². The number of aliphatic imine (C=N–C) groups is 1. The molecule has 3 rings (SSSR count). The molecule has 1 aromatic rings. The van der Waals surface area contributed by atoms with E-state index in [0.717, 1.165) is 19.8 Å². The van der Waals surface area contributed by atoms with Gasteiger partial charge in [-0.05, 0) is 30.5 Å². The zero-order valence-electron chi connectivity index (χ0n) is 12.3. The molecule has 4 nitrogen and oxygen atoms in total. The molecule has 1 heterocycles. The number of hydrogen-bond donors (Lipinski definition) is 0. The fraction of sp³-hybridized carbons (Fsp3) is 0.562. The Kier molecular flexibility index (Phi) is 3.65. The van der Waals surface area contributed by atoms with E-state index in [0.29, 0.717) is 43.1 Å². The molecule has 0 saturated heterocycles. The average Bonchev–Trinajstić information content (AvgIpc) is 2.95. The minimum Gasteiger partial charge on any atom is -0.486 e. The molecule has 6 heteroatoms. The van der Waals surface area contributed by atoms with Gasteiger partial charge in [0.05, 0.1) is 5.54 Å². The van der Waals surface area contributed by atoms with Gasteiger partial charge in [0.15, 0.2) is 11.5 Å². The van der Waals surface area contributed by atoms with Crippen LogP contribution in [0.4, 0.5) is 8.78 Å². The van der Waals surface area contributed by atoms with Crippen molar-refractivity contribution in [3.8, 4) is 11.5 Å². The van der Waals surface area contributed by atoms with E-state index in [-0.39, 0.29) is 5.56 Å². The topological polar surface area (TPSA) is 47.9 Å². The highest BCUT2D eigenvalue weighted by Gasteiger charge is 2.42. The highest BCUT2D eigenvalue weighted by atomic mass is 19.3. The summed E-state index contributed by atoms with van der Waals surface area (Å²) >= 11 is 0. The molecule has 0 radical (unpaired) electrons. The number of ether oxygens (including phenoxy) is 2. The van der Waals surface area contributed by atoms with Gasteiger partial charge in [0.2, 0.25) is 6.08 Å². The number of alkyl halides is 2. The van der Waals surface area contributed by atoms with E-state index in [2.05, 4.69) is 4.99 Å².